The van der Waals surface area contributed by atoms with Crippen LogP contribution in [0.5, 0.6) is 0 Å². The van der Waals surface area contributed by atoms with Gasteiger partial charge < -0.3 is 5.32 Å². The first-order valence-corrected chi connectivity index (χ1v) is 10.9. The highest BCUT2D eigenvalue weighted by Crippen LogP contribution is 2.43. The molecule has 2 atom stereocenters. The molecule has 5 rings (SSSR count). The maximum atomic E-state index is 13.4. The first-order chi connectivity index (χ1) is 15.4. The Morgan fingerprint density at radius 3 is 2.84 bits per heavy atom. The van der Waals surface area contributed by atoms with Crippen LogP contribution in [0.3, 0.4) is 0 Å². The van der Waals surface area contributed by atoms with E-state index in [1.165, 1.54) is 6.20 Å². The number of benzene rings is 2. The third-order valence-electron chi connectivity index (χ3n) is 6.35. The average Bonchev–Trinajstić information content (AvgIpc) is 3.03. The lowest BCUT2D eigenvalue weighted by atomic mass is 9.77. The number of hydrogen-bond donors (Lipinski definition) is 2. The quantitative estimate of drug-likeness (QED) is 0.567. The summed E-state index contributed by atoms with van der Waals surface area (Å²) in [7, 11) is 0. The number of amides is 5. The molecule has 1 aromatic heterocycles. The summed E-state index contributed by atoms with van der Waals surface area (Å²) in [5.74, 6) is -0.527. The minimum atomic E-state index is -1.45. The zero-order valence-corrected chi connectivity index (χ0v) is 18.1. The fourth-order valence-corrected chi connectivity index (χ4v) is 5.05. The van der Waals surface area contributed by atoms with Crippen molar-refractivity contribution >= 4 is 40.3 Å². The second-order valence-electron chi connectivity index (χ2n) is 8.20. The second-order valence-corrected chi connectivity index (χ2v) is 8.63. The number of urea groups is 2. The molecular formula is C24H21ClN4O3. The van der Waals surface area contributed by atoms with Crippen molar-refractivity contribution in [1.29, 1.82) is 0 Å². The topological polar surface area (TPSA) is 91.4 Å². The van der Waals surface area contributed by atoms with Crippen LogP contribution in [0, 0.1) is 0 Å². The van der Waals surface area contributed by atoms with Gasteiger partial charge in [0.05, 0.1) is 11.1 Å². The fraction of sp³-hybridized carbons (Fsp3) is 0.250. The summed E-state index contributed by atoms with van der Waals surface area (Å²) in [5, 5.41) is 7.66. The average molecular weight is 449 g/mol. The lowest BCUT2D eigenvalue weighted by Crippen LogP contribution is -2.55. The largest absolute Gasteiger partial charge is 0.333 e. The van der Waals surface area contributed by atoms with Gasteiger partial charge in [-0.05, 0) is 48.6 Å². The van der Waals surface area contributed by atoms with Crippen molar-refractivity contribution in [3.63, 3.8) is 0 Å². The van der Waals surface area contributed by atoms with Crippen LogP contribution in [-0.4, -0.2) is 27.9 Å². The Labute approximate surface area is 189 Å². The molecule has 1 aliphatic heterocycles. The van der Waals surface area contributed by atoms with Crippen molar-refractivity contribution in [1.82, 2.24) is 20.5 Å². The van der Waals surface area contributed by atoms with Gasteiger partial charge in [-0.2, -0.15) is 0 Å². The molecule has 0 radical (unpaired) electrons. The molecule has 32 heavy (non-hydrogen) atoms. The molecule has 2 aromatic carbocycles. The highest BCUT2D eigenvalue weighted by Gasteiger charge is 2.59. The van der Waals surface area contributed by atoms with Crippen molar-refractivity contribution in [3.8, 4) is 0 Å². The first kappa shape index (κ1) is 20.5. The normalized spacial score (nSPS) is 20.9. The van der Waals surface area contributed by atoms with Gasteiger partial charge in [-0.15, -0.1) is 0 Å². The first-order valence-electron chi connectivity index (χ1n) is 10.5. The Balaban J connectivity index is 1.52. The van der Waals surface area contributed by atoms with Crippen molar-refractivity contribution in [2.75, 3.05) is 0 Å². The number of fused-ring (bicyclic) bond motifs is 3. The molecule has 5 amide bonds. The van der Waals surface area contributed by atoms with E-state index in [4.69, 9.17) is 11.6 Å². The van der Waals surface area contributed by atoms with Crippen molar-refractivity contribution in [2.45, 2.75) is 37.8 Å². The van der Waals surface area contributed by atoms with E-state index in [-0.39, 0.29) is 0 Å². The van der Waals surface area contributed by atoms with E-state index < -0.39 is 29.6 Å². The summed E-state index contributed by atoms with van der Waals surface area (Å²) in [6, 6.07) is 13.6. The zero-order chi connectivity index (χ0) is 22.5. The maximum Gasteiger partial charge on any atom is 0.333 e. The van der Waals surface area contributed by atoms with E-state index in [2.05, 4.69) is 15.6 Å². The number of pyridine rings is 1. The van der Waals surface area contributed by atoms with E-state index in [0.717, 1.165) is 21.2 Å². The number of imide groups is 2. The maximum absolute atomic E-state index is 13.4. The highest BCUT2D eigenvalue weighted by atomic mass is 35.5. The van der Waals surface area contributed by atoms with Crippen LogP contribution in [0.25, 0.3) is 10.8 Å². The highest BCUT2D eigenvalue weighted by molar-refractivity contribution is 6.30. The lowest BCUT2D eigenvalue weighted by Gasteiger charge is -2.38. The lowest BCUT2D eigenvalue weighted by molar-refractivity contribution is -0.127. The molecule has 1 saturated heterocycles. The van der Waals surface area contributed by atoms with Crippen LogP contribution < -0.4 is 10.6 Å². The Kier molecular flexibility index (Phi) is 4.86. The Morgan fingerprint density at radius 2 is 2.00 bits per heavy atom. The second kappa shape index (κ2) is 7.60. The summed E-state index contributed by atoms with van der Waals surface area (Å²) >= 11 is 6.17. The summed E-state index contributed by atoms with van der Waals surface area (Å²) in [6.07, 6.45) is 3.10. The number of aromatic nitrogens is 1. The molecule has 3 aromatic rings. The number of nitrogens with one attached hydrogen (secondary N) is 2. The smallest absolute Gasteiger partial charge is 0.331 e. The Bertz CT molecular complexity index is 1270. The third-order valence-corrected chi connectivity index (χ3v) is 6.56. The van der Waals surface area contributed by atoms with Crippen molar-refractivity contribution in [2.24, 2.45) is 0 Å². The van der Waals surface area contributed by atoms with Gasteiger partial charge in [0.25, 0.3) is 5.91 Å². The summed E-state index contributed by atoms with van der Waals surface area (Å²) in [6.45, 7) is 1.86. The zero-order valence-electron chi connectivity index (χ0n) is 17.4. The third kappa shape index (κ3) is 3.04. The van der Waals surface area contributed by atoms with Gasteiger partial charge in [0, 0.05) is 17.5 Å². The van der Waals surface area contributed by atoms with E-state index in [1.54, 1.807) is 6.07 Å². The van der Waals surface area contributed by atoms with E-state index in [0.29, 0.717) is 35.5 Å². The van der Waals surface area contributed by atoms with Gasteiger partial charge in [-0.1, -0.05) is 54.1 Å². The SMILES string of the molecule is C[C@@H](NC(=O)N1C(=O)NC(=O)[C@@]12CCCc1ncc(Cl)cc12)c1cccc2ccccc12. The number of rotatable bonds is 2. The van der Waals surface area contributed by atoms with Gasteiger partial charge in [0.15, 0.2) is 5.54 Å². The standard InChI is InChI=1S/C24H21ClN4O3/c1-14(17-9-4-7-15-6-2-3-8-18(15)17)27-22(31)29-23(32)28-21(30)24(29)11-5-10-20-19(24)12-16(25)13-26-20/h2-4,6-9,12-14H,5,10-11H2,1H3,(H,27,31)(H,28,30,32)/t14-,24+/m1/s1. The van der Waals surface area contributed by atoms with Crippen LogP contribution >= 0.6 is 11.6 Å². The van der Waals surface area contributed by atoms with E-state index >= 15 is 0 Å². The van der Waals surface area contributed by atoms with Crippen LogP contribution in [0.4, 0.5) is 9.59 Å². The number of aryl methyl sites for hydroxylation is 1. The monoisotopic (exact) mass is 448 g/mol. The number of carbonyl (C=O) groups excluding carboxylic acids is 3. The molecular weight excluding hydrogens is 428 g/mol. The molecule has 8 heteroatoms. The van der Waals surface area contributed by atoms with Crippen LogP contribution in [0.1, 0.15) is 42.6 Å². The number of nitrogens with zero attached hydrogens (tertiary/aromatic N) is 2. The Morgan fingerprint density at radius 1 is 1.22 bits per heavy atom. The summed E-state index contributed by atoms with van der Waals surface area (Å²) < 4.78 is 0. The predicted octanol–water partition coefficient (Wildman–Crippen LogP) is 4.44. The van der Waals surface area contributed by atoms with E-state index in [1.807, 2.05) is 49.4 Å². The summed E-state index contributed by atoms with van der Waals surface area (Å²) in [5.41, 5.74) is 0.647. The van der Waals surface area contributed by atoms with Gasteiger partial charge in [0.1, 0.15) is 0 Å². The molecule has 0 bridgehead atoms. The molecule has 2 aliphatic rings. The van der Waals surface area contributed by atoms with Crippen LogP contribution in [0.15, 0.2) is 54.7 Å². The molecule has 162 valence electrons. The van der Waals surface area contributed by atoms with Crippen molar-refractivity contribution in [3.05, 3.63) is 76.6 Å². The number of halogens is 1. The molecule has 1 aliphatic carbocycles. The molecule has 2 N–H and O–H groups in total. The molecule has 1 spiro atoms. The Hall–Kier alpha value is -3.45. The van der Waals surface area contributed by atoms with Crippen LogP contribution in [0.2, 0.25) is 5.02 Å². The minimum absolute atomic E-state index is 0.315. The number of carbonyl (C=O) groups is 3. The van der Waals surface area contributed by atoms with Gasteiger partial charge >= 0.3 is 12.1 Å². The molecule has 2 heterocycles. The fourth-order valence-electron chi connectivity index (χ4n) is 4.89. The molecule has 7 nitrogen and oxygen atoms in total. The number of hydrogen-bond acceptors (Lipinski definition) is 4. The molecule has 0 unspecified atom stereocenters. The molecule has 1 fully saturated rings. The van der Waals surface area contributed by atoms with Crippen LogP contribution in [-0.2, 0) is 16.8 Å². The molecule has 0 saturated carbocycles. The van der Waals surface area contributed by atoms with Gasteiger partial charge in [0.2, 0.25) is 0 Å². The van der Waals surface area contributed by atoms with Gasteiger partial charge in [-0.25, -0.2) is 14.5 Å². The minimum Gasteiger partial charge on any atom is -0.331 e. The summed E-state index contributed by atoms with van der Waals surface area (Å²) in [4.78, 5) is 44.7. The van der Waals surface area contributed by atoms with Gasteiger partial charge in [-0.3, -0.25) is 15.1 Å². The van der Waals surface area contributed by atoms with E-state index in [9.17, 15) is 14.4 Å². The predicted molar refractivity (Wildman–Crippen MR) is 120 cm³/mol. The van der Waals surface area contributed by atoms with Crippen molar-refractivity contribution < 1.29 is 14.4 Å².